The van der Waals surface area contributed by atoms with Crippen LogP contribution >= 0.6 is 0 Å². The summed E-state index contributed by atoms with van der Waals surface area (Å²) in [6.07, 6.45) is 0.0514. The number of benzene rings is 1. The van der Waals surface area contributed by atoms with Gasteiger partial charge in [0.2, 0.25) is 0 Å². The fourth-order valence-corrected chi connectivity index (χ4v) is 1.52. The summed E-state index contributed by atoms with van der Waals surface area (Å²) in [4.78, 5) is 0. The maximum Gasteiger partial charge on any atom is 0.0735 e. The van der Waals surface area contributed by atoms with E-state index in [4.69, 9.17) is 10.5 Å². The lowest BCUT2D eigenvalue weighted by molar-refractivity contribution is 0.0955. The van der Waals surface area contributed by atoms with Crippen LogP contribution in [-0.2, 0) is 4.74 Å². The van der Waals surface area contributed by atoms with Gasteiger partial charge in [-0.25, -0.2) is 0 Å². The molecule has 1 aromatic carbocycles. The first-order valence-corrected chi connectivity index (χ1v) is 4.91. The van der Waals surface area contributed by atoms with Crippen LogP contribution in [0.1, 0.15) is 29.7 Å². The second kappa shape index (κ2) is 4.58. The van der Waals surface area contributed by atoms with Crippen molar-refractivity contribution >= 4 is 0 Å². The molecule has 0 amide bonds. The summed E-state index contributed by atoms with van der Waals surface area (Å²) in [7, 11) is 1.69. The number of hydrogen-bond acceptors (Lipinski definition) is 2. The lowest BCUT2D eigenvalue weighted by atomic mass is 9.96. The molecule has 0 spiro atoms. The first-order valence-electron chi connectivity index (χ1n) is 4.91. The molecular formula is C12H19NO. The first kappa shape index (κ1) is 11.2. The number of nitrogens with two attached hydrogens (primary N) is 1. The second-order valence-corrected chi connectivity index (χ2v) is 3.83. The quantitative estimate of drug-likeness (QED) is 0.799. The normalized spacial score (nSPS) is 15.2. The number of hydrogen-bond donors (Lipinski definition) is 1. The molecule has 0 aliphatic heterocycles. The number of methoxy groups -OCH3 is 1. The van der Waals surface area contributed by atoms with E-state index in [9.17, 15) is 0 Å². The minimum Gasteiger partial charge on any atom is -0.380 e. The number of aryl methyl sites for hydroxylation is 2. The van der Waals surface area contributed by atoms with Gasteiger partial charge in [-0.15, -0.1) is 0 Å². The van der Waals surface area contributed by atoms with Crippen molar-refractivity contribution in [1.29, 1.82) is 0 Å². The van der Waals surface area contributed by atoms with Crippen LogP contribution in [0.5, 0.6) is 0 Å². The molecule has 0 saturated carbocycles. The molecule has 0 aliphatic carbocycles. The van der Waals surface area contributed by atoms with Crippen LogP contribution in [0.2, 0.25) is 0 Å². The topological polar surface area (TPSA) is 35.2 Å². The van der Waals surface area contributed by atoms with Gasteiger partial charge in [-0.1, -0.05) is 23.8 Å². The minimum atomic E-state index is -0.0418. The Hall–Kier alpha value is -0.860. The van der Waals surface area contributed by atoms with E-state index < -0.39 is 0 Å². The Labute approximate surface area is 86.1 Å². The Morgan fingerprint density at radius 1 is 1.29 bits per heavy atom. The molecule has 2 atom stereocenters. The molecule has 2 unspecified atom stereocenters. The molecule has 14 heavy (non-hydrogen) atoms. The zero-order valence-electron chi connectivity index (χ0n) is 9.37. The van der Waals surface area contributed by atoms with Crippen LogP contribution in [0.15, 0.2) is 18.2 Å². The number of ether oxygens (including phenoxy) is 1. The highest BCUT2D eigenvalue weighted by Gasteiger charge is 2.15. The van der Waals surface area contributed by atoms with Crippen molar-refractivity contribution < 1.29 is 4.74 Å². The van der Waals surface area contributed by atoms with Gasteiger partial charge in [0.25, 0.3) is 0 Å². The SMILES string of the molecule is COC(C)C(N)c1cc(C)ccc1C. The molecule has 0 aliphatic rings. The van der Waals surface area contributed by atoms with E-state index in [1.54, 1.807) is 7.11 Å². The molecule has 0 radical (unpaired) electrons. The monoisotopic (exact) mass is 193 g/mol. The average Bonchev–Trinajstić information content (AvgIpc) is 2.19. The van der Waals surface area contributed by atoms with Crippen LogP contribution < -0.4 is 5.73 Å². The van der Waals surface area contributed by atoms with Crippen molar-refractivity contribution in [2.75, 3.05) is 7.11 Å². The maximum absolute atomic E-state index is 6.09. The molecule has 1 rings (SSSR count). The molecule has 0 fully saturated rings. The Bertz CT molecular complexity index is 309. The summed E-state index contributed by atoms with van der Waals surface area (Å²) in [6, 6.07) is 6.30. The summed E-state index contributed by atoms with van der Waals surface area (Å²) in [5.41, 5.74) is 9.74. The van der Waals surface area contributed by atoms with Crippen LogP contribution in [0.4, 0.5) is 0 Å². The predicted molar refractivity (Wildman–Crippen MR) is 59.3 cm³/mol. The van der Waals surface area contributed by atoms with Gasteiger partial charge in [0.05, 0.1) is 12.1 Å². The molecule has 2 nitrogen and oxygen atoms in total. The number of rotatable bonds is 3. The van der Waals surface area contributed by atoms with Crippen molar-refractivity contribution in [3.63, 3.8) is 0 Å². The molecule has 1 aromatic rings. The van der Waals surface area contributed by atoms with E-state index in [1.807, 2.05) is 6.92 Å². The van der Waals surface area contributed by atoms with E-state index in [-0.39, 0.29) is 12.1 Å². The van der Waals surface area contributed by atoms with Gasteiger partial charge in [-0.2, -0.15) is 0 Å². The Morgan fingerprint density at radius 3 is 2.50 bits per heavy atom. The van der Waals surface area contributed by atoms with Crippen molar-refractivity contribution in [3.8, 4) is 0 Å². The second-order valence-electron chi connectivity index (χ2n) is 3.83. The van der Waals surface area contributed by atoms with Gasteiger partial charge < -0.3 is 10.5 Å². The zero-order chi connectivity index (χ0) is 10.7. The Kier molecular flexibility index (Phi) is 3.67. The van der Waals surface area contributed by atoms with E-state index in [0.717, 1.165) is 0 Å². The fourth-order valence-electron chi connectivity index (χ4n) is 1.52. The molecule has 0 heterocycles. The smallest absolute Gasteiger partial charge is 0.0735 e. The van der Waals surface area contributed by atoms with E-state index in [0.29, 0.717) is 0 Å². The standard InChI is InChI=1S/C12H19NO/c1-8-5-6-9(2)11(7-8)12(13)10(3)14-4/h5-7,10,12H,13H2,1-4H3. The summed E-state index contributed by atoms with van der Waals surface area (Å²) < 4.78 is 5.24. The molecule has 2 heteroatoms. The molecule has 0 saturated heterocycles. The van der Waals surface area contributed by atoms with E-state index in [2.05, 4.69) is 32.0 Å². The predicted octanol–water partition coefficient (Wildman–Crippen LogP) is 2.34. The Balaban J connectivity index is 2.99. The lowest BCUT2D eigenvalue weighted by Crippen LogP contribution is -2.26. The van der Waals surface area contributed by atoms with Gasteiger partial charge in [-0.3, -0.25) is 0 Å². The van der Waals surface area contributed by atoms with E-state index >= 15 is 0 Å². The molecular weight excluding hydrogens is 174 g/mol. The molecule has 2 N–H and O–H groups in total. The van der Waals surface area contributed by atoms with Crippen LogP contribution in [-0.4, -0.2) is 13.2 Å². The van der Waals surface area contributed by atoms with Crippen molar-refractivity contribution in [2.24, 2.45) is 5.73 Å². The van der Waals surface area contributed by atoms with Crippen LogP contribution in [0.3, 0.4) is 0 Å². The van der Waals surface area contributed by atoms with Gasteiger partial charge >= 0.3 is 0 Å². The highest BCUT2D eigenvalue weighted by molar-refractivity contribution is 5.33. The first-order chi connectivity index (χ1) is 6.56. The lowest BCUT2D eigenvalue weighted by Gasteiger charge is -2.21. The van der Waals surface area contributed by atoms with Gasteiger partial charge in [0.1, 0.15) is 0 Å². The summed E-state index contributed by atoms with van der Waals surface area (Å²) >= 11 is 0. The summed E-state index contributed by atoms with van der Waals surface area (Å²) in [6.45, 7) is 6.15. The highest BCUT2D eigenvalue weighted by Crippen LogP contribution is 2.21. The maximum atomic E-state index is 6.09. The summed E-state index contributed by atoms with van der Waals surface area (Å²) in [5, 5.41) is 0. The largest absolute Gasteiger partial charge is 0.380 e. The Morgan fingerprint density at radius 2 is 1.93 bits per heavy atom. The molecule has 78 valence electrons. The molecule has 0 aromatic heterocycles. The molecule has 0 bridgehead atoms. The van der Waals surface area contributed by atoms with Gasteiger partial charge in [0, 0.05) is 7.11 Å². The van der Waals surface area contributed by atoms with Gasteiger partial charge in [0.15, 0.2) is 0 Å². The van der Waals surface area contributed by atoms with Crippen molar-refractivity contribution in [3.05, 3.63) is 34.9 Å². The third-order valence-electron chi connectivity index (χ3n) is 2.67. The van der Waals surface area contributed by atoms with E-state index in [1.165, 1.54) is 16.7 Å². The van der Waals surface area contributed by atoms with Crippen LogP contribution in [0, 0.1) is 13.8 Å². The fraction of sp³-hybridized carbons (Fsp3) is 0.500. The third-order valence-corrected chi connectivity index (χ3v) is 2.67. The average molecular weight is 193 g/mol. The third kappa shape index (κ3) is 2.34. The highest BCUT2D eigenvalue weighted by atomic mass is 16.5. The van der Waals surface area contributed by atoms with Crippen molar-refractivity contribution in [1.82, 2.24) is 0 Å². The zero-order valence-corrected chi connectivity index (χ0v) is 9.37. The van der Waals surface area contributed by atoms with Crippen molar-refractivity contribution in [2.45, 2.75) is 32.9 Å². The summed E-state index contributed by atoms with van der Waals surface area (Å²) in [5.74, 6) is 0. The minimum absolute atomic E-state index is 0.0418. The van der Waals surface area contributed by atoms with Gasteiger partial charge in [-0.05, 0) is 31.9 Å². The van der Waals surface area contributed by atoms with Crippen LogP contribution in [0.25, 0.3) is 0 Å².